The number of benzene rings is 1. The predicted octanol–water partition coefficient (Wildman–Crippen LogP) is 1.70. The van der Waals surface area contributed by atoms with E-state index in [-0.39, 0.29) is 12.6 Å². The second-order valence-electron chi connectivity index (χ2n) is 4.34. The smallest absolute Gasteiger partial charge is 0.198 e. The molecule has 1 saturated carbocycles. The molecule has 1 aliphatic carbocycles. The third-order valence-corrected chi connectivity index (χ3v) is 2.98. The minimum Gasteiger partial charge on any atom is -0.440 e. The molecule has 0 saturated heterocycles. The zero-order chi connectivity index (χ0) is 11.1. The topological polar surface area (TPSA) is 72.3 Å². The molecule has 1 heterocycles. The van der Waals surface area contributed by atoms with Crippen molar-refractivity contribution in [1.29, 1.82) is 0 Å². The lowest BCUT2D eigenvalue weighted by Crippen LogP contribution is -2.14. The molecule has 84 valence electrons. The van der Waals surface area contributed by atoms with E-state index in [9.17, 15) is 0 Å². The molecule has 0 spiro atoms. The van der Waals surface area contributed by atoms with Gasteiger partial charge >= 0.3 is 0 Å². The molecule has 1 unspecified atom stereocenters. The zero-order valence-electron chi connectivity index (χ0n) is 8.89. The Bertz CT molecular complexity index is 517. The molecule has 3 rings (SSSR count). The Morgan fingerprint density at radius 1 is 1.50 bits per heavy atom. The first-order valence-corrected chi connectivity index (χ1v) is 5.55. The highest BCUT2D eigenvalue weighted by atomic mass is 16.3. The van der Waals surface area contributed by atoms with Crippen LogP contribution in [0.4, 0.5) is 0 Å². The first-order chi connectivity index (χ1) is 7.78. The van der Waals surface area contributed by atoms with E-state index in [0.717, 1.165) is 22.6 Å². The number of hydrogen-bond acceptors (Lipinski definition) is 4. The molecule has 0 aliphatic heterocycles. The van der Waals surface area contributed by atoms with Gasteiger partial charge in [-0.25, -0.2) is 4.98 Å². The molecule has 4 heteroatoms. The van der Waals surface area contributed by atoms with E-state index in [2.05, 4.69) is 4.98 Å². The maximum Gasteiger partial charge on any atom is 0.198 e. The second-order valence-corrected chi connectivity index (χ2v) is 4.34. The summed E-state index contributed by atoms with van der Waals surface area (Å²) in [6.07, 6.45) is 2.35. The summed E-state index contributed by atoms with van der Waals surface area (Å²) in [5.41, 5.74) is 8.27. The Hall–Kier alpha value is -1.39. The number of nitrogens with two attached hydrogens (primary N) is 1. The summed E-state index contributed by atoms with van der Waals surface area (Å²) in [5, 5.41) is 8.99. The lowest BCUT2D eigenvalue weighted by molar-refractivity contribution is 0.268. The van der Waals surface area contributed by atoms with E-state index in [1.165, 1.54) is 12.8 Å². The largest absolute Gasteiger partial charge is 0.440 e. The number of aromatic nitrogens is 1. The quantitative estimate of drug-likeness (QED) is 0.822. The molecule has 0 amide bonds. The van der Waals surface area contributed by atoms with Crippen molar-refractivity contribution in [1.82, 2.24) is 4.98 Å². The van der Waals surface area contributed by atoms with E-state index in [1.807, 2.05) is 18.2 Å². The highest BCUT2D eigenvalue weighted by Crippen LogP contribution is 2.40. The lowest BCUT2D eigenvalue weighted by Gasteiger charge is -2.06. The van der Waals surface area contributed by atoms with Gasteiger partial charge < -0.3 is 15.3 Å². The van der Waals surface area contributed by atoms with E-state index in [1.54, 1.807) is 0 Å². The van der Waals surface area contributed by atoms with Crippen LogP contribution in [-0.4, -0.2) is 16.7 Å². The molecular formula is C12H14N2O2. The van der Waals surface area contributed by atoms with Crippen LogP contribution in [0.25, 0.3) is 11.1 Å². The van der Waals surface area contributed by atoms with Gasteiger partial charge in [0.25, 0.3) is 0 Å². The normalized spacial score (nSPS) is 17.9. The van der Waals surface area contributed by atoms with Crippen molar-refractivity contribution in [3.63, 3.8) is 0 Å². The van der Waals surface area contributed by atoms with Crippen molar-refractivity contribution in [2.24, 2.45) is 5.73 Å². The molecule has 3 N–H and O–H groups in total. The standard InChI is InChI=1S/C12H14N2O2/c13-9(6-15)8-3-4-10-11(5-8)16-12(14-10)7-1-2-7/h3-5,7,9,15H,1-2,6,13H2. The summed E-state index contributed by atoms with van der Waals surface area (Å²) in [6, 6.07) is 5.31. The number of hydrogen-bond donors (Lipinski definition) is 2. The molecule has 0 bridgehead atoms. The molecule has 1 aromatic heterocycles. The van der Waals surface area contributed by atoms with Crippen molar-refractivity contribution >= 4 is 11.1 Å². The van der Waals surface area contributed by atoms with Crippen LogP contribution in [0.1, 0.15) is 36.3 Å². The van der Waals surface area contributed by atoms with Crippen molar-refractivity contribution in [3.05, 3.63) is 29.7 Å². The molecular weight excluding hydrogens is 204 g/mol. The first-order valence-electron chi connectivity index (χ1n) is 5.55. The van der Waals surface area contributed by atoms with Crippen molar-refractivity contribution in [2.45, 2.75) is 24.8 Å². The SMILES string of the molecule is NC(CO)c1ccc2nc(C3CC3)oc2c1. The first kappa shape index (κ1) is 9.81. The fourth-order valence-electron chi connectivity index (χ4n) is 1.80. The molecule has 16 heavy (non-hydrogen) atoms. The van der Waals surface area contributed by atoms with Gasteiger partial charge in [-0.3, -0.25) is 0 Å². The van der Waals surface area contributed by atoms with Crippen LogP contribution in [-0.2, 0) is 0 Å². The number of nitrogens with zero attached hydrogens (tertiary/aromatic N) is 1. The summed E-state index contributed by atoms with van der Waals surface area (Å²) in [4.78, 5) is 4.43. The van der Waals surface area contributed by atoms with Crippen LogP contribution >= 0.6 is 0 Å². The molecule has 1 fully saturated rings. The van der Waals surface area contributed by atoms with Gasteiger partial charge in [0.05, 0.1) is 12.6 Å². The van der Waals surface area contributed by atoms with Crippen molar-refractivity contribution < 1.29 is 9.52 Å². The van der Waals surface area contributed by atoms with Crippen LogP contribution in [0.2, 0.25) is 0 Å². The minimum atomic E-state index is -0.348. The highest BCUT2D eigenvalue weighted by molar-refractivity contribution is 5.73. The van der Waals surface area contributed by atoms with Gasteiger partial charge in [-0.1, -0.05) is 6.07 Å². The van der Waals surface area contributed by atoms with Gasteiger partial charge in [-0.15, -0.1) is 0 Å². The molecule has 1 aliphatic rings. The number of oxazole rings is 1. The monoisotopic (exact) mass is 218 g/mol. The number of aliphatic hydroxyl groups excluding tert-OH is 1. The Morgan fingerprint density at radius 3 is 3.00 bits per heavy atom. The Balaban J connectivity index is 2.02. The average Bonchev–Trinajstić information content (AvgIpc) is 3.07. The van der Waals surface area contributed by atoms with Gasteiger partial charge in [-0.2, -0.15) is 0 Å². The van der Waals surface area contributed by atoms with Crippen LogP contribution in [0.3, 0.4) is 0 Å². The molecule has 1 atom stereocenters. The fourth-order valence-corrected chi connectivity index (χ4v) is 1.80. The third kappa shape index (κ3) is 1.60. The van der Waals surface area contributed by atoms with Gasteiger partial charge in [-0.05, 0) is 30.5 Å². The van der Waals surface area contributed by atoms with Crippen LogP contribution < -0.4 is 5.73 Å². The second kappa shape index (κ2) is 3.57. The number of aliphatic hydroxyl groups is 1. The van der Waals surface area contributed by atoms with E-state index in [4.69, 9.17) is 15.3 Å². The summed E-state index contributed by atoms with van der Waals surface area (Å²) in [6.45, 7) is -0.0604. The molecule has 1 aromatic carbocycles. The zero-order valence-corrected chi connectivity index (χ0v) is 8.89. The average molecular weight is 218 g/mol. The maximum absolute atomic E-state index is 8.99. The van der Waals surface area contributed by atoms with Gasteiger partial charge in [0.15, 0.2) is 11.5 Å². The van der Waals surface area contributed by atoms with Gasteiger partial charge in [0, 0.05) is 5.92 Å². The van der Waals surface area contributed by atoms with Crippen LogP contribution in [0.15, 0.2) is 22.6 Å². The molecule has 4 nitrogen and oxygen atoms in total. The number of fused-ring (bicyclic) bond motifs is 1. The van der Waals surface area contributed by atoms with Crippen LogP contribution in [0.5, 0.6) is 0 Å². The lowest BCUT2D eigenvalue weighted by atomic mass is 10.1. The fraction of sp³-hybridized carbons (Fsp3) is 0.417. The summed E-state index contributed by atoms with van der Waals surface area (Å²) < 4.78 is 5.68. The maximum atomic E-state index is 8.99. The van der Waals surface area contributed by atoms with Crippen molar-refractivity contribution in [2.75, 3.05) is 6.61 Å². The number of rotatable bonds is 3. The Morgan fingerprint density at radius 2 is 2.31 bits per heavy atom. The van der Waals surface area contributed by atoms with E-state index >= 15 is 0 Å². The van der Waals surface area contributed by atoms with E-state index < -0.39 is 0 Å². The van der Waals surface area contributed by atoms with Gasteiger partial charge in [0.1, 0.15) is 5.52 Å². The van der Waals surface area contributed by atoms with Crippen LogP contribution in [0, 0.1) is 0 Å². The Labute approximate surface area is 93.1 Å². The molecule has 0 radical (unpaired) electrons. The summed E-state index contributed by atoms with van der Waals surface area (Å²) in [5.74, 6) is 1.35. The van der Waals surface area contributed by atoms with Gasteiger partial charge in [0.2, 0.25) is 0 Å². The van der Waals surface area contributed by atoms with Crippen molar-refractivity contribution in [3.8, 4) is 0 Å². The summed E-state index contributed by atoms with van der Waals surface area (Å²) in [7, 11) is 0. The minimum absolute atomic E-state index is 0.0604. The molecule has 2 aromatic rings. The predicted molar refractivity (Wildman–Crippen MR) is 60.0 cm³/mol. The highest BCUT2D eigenvalue weighted by Gasteiger charge is 2.28. The third-order valence-electron chi connectivity index (χ3n) is 2.98. The summed E-state index contributed by atoms with van der Waals surface area (Å²) >= 11 is 0. The Kier molecular flexibility index (Phi) is 2.19. The van der Waals surface area contributed by atoms with E-state index in [0.29, 0.717) is 5.92 Å².